The van der Waals surface area contributed by atoms with Crippen molar-refractivity contribution in [2.75, 3.05) is 6.54 Å². The molecule has 0 saturated carbocycles. The van der Waals surface area contributed by atoms with Crippen molar-refractivity contribution in [3.63, 3.8) is 0 Å². The lowest BCUT2D eigenvalue weighted by Gasteiger charge is -2.07. The second-order valence-corrected chi connectivity index (χ2v) is 5.55. The molecule has 98 valence electrons. The Morgan fingerprint density at radius 2 is 2.00 bits per heavy atom. The summed E-state index contributed by atoms with van der Waals surface area (Å²) in [7, 11) is 0. The van der Waals surface area contributed by atoms with E-state index >= 15 is 0 Å². The average molecular weight is 318 g/mol. The van der Waals surface area contributed by atoms with Gasteiger partial charge in [0.05, 0.1) is 10.5 Å². The van der Waals surface area contributed by atoms with Gasteiger partial charge in [-0.05, 0) is 52.3 Å². The Morgan fingerprint density at radius 1 is 1.21 bits per heavy atom. The second kappa shape index (κ2) is 4.99. The highest BCUT2D eigenvalue weighted by atomic mass is 79.9. The van der Waals surface area contributed by atoms with Crippen LogP contribution in [0.1, 0.15) is 25.6 Å². The zero-order valence-corrected chi connectivity index (χ0v) is 12.6. The number of halogens is 1. The lowest BCUT2D eigenvalue weighted by molar-refractivity contribution is 0.459. The molecule has 3 heteroatoms. The first-order chi connectivity index (χ1) is 9.20. The molecular formula is C16H16BrNO. The molecule has 1 unspecified atom stereocenters. The molecule has 0 saturated heterocycles. The van der Waals surface area contributed by atoms with Crippen molar-refractivity contribution < 1.29 is 4.42 Å². The Balaban J connectivity index is 2.22. The predicted molar refractivity (Wildman–Crippen MR) is 83.5 cm³/mol. The van der Waals surface area contributed by atoms with Gasteiger partial charge < -0.3 is 9.73 Å². The zero-order chi connectivity index (χ0) is 13.4. The Hall–Kier alpha value is -1.32. The smallest absolute Gasteiger partial charge is 0.149 e. The molecule has 0 bridgehead atoms. The first-order valence-corrected chi connectivity index (χ1v) is 7.34. The number of rotatable bonds is 3. The van der Waals surface area contributed by atoms with E-state index in [1.54, 1.807) is 0 Å². The Bertz CT molecular complexity index is 732. The zero-order valence-electron chi connectivity index (χ0n) is 11.0. The molecule has 3 aromatic rings. The SMILES string of the molecule is CCNC(C)c1cc2cc3ccccc3c(Br)c2o1. The molecule has 1 atom stereocenters. The van der Waals surface area contributed by atoms with E-state index in [0.29, 0.717) is 0 Å². The van der Waals surface area contributed by atoms with Crippen LogP contribution in [0.25, 0.3) is 21.7 Å². The van der Waals surface area contributed by atoms with Gasteiger partial charge in [0.1, 0.15) is 11.3 Å². The first-order valence-electron chi connectivity index (χ1n) is 6.54. The van der Waals surface area contributed by atoms with E-state index in [-0.39, 0.29) is 6.04 Å². The number of nitrogens with one attached hydrogen (secondary N) is 1. The number of hydrogen-bond acceptors (Lipinski definition) is 2. The van der Waals surface area contributed by atoms with Crippen LogP contribution in [0.4, 0.5) is 0 Å². The number of hydrogen-bond donors (Lipinski definition) is 1. The van der Waals surface area contributed by atoms with Crippen LogP contribution in [0.5, 0.6) is 0 Å². The summed E-state index contributed by atoms with van der Waals surface area (Å²) in [5.41, 5.74) is 0.929. The maximum absolute atomic E-state index is 6.01. The molecule has 0 spiro atoms. The van der Waals surface area contributed by atoms with Gasteiger partial charge in [-0.3, -0.25) is 0 Å². The van der Waals surface area contributed by atoms with E-state index in [4.69, 9.17) is 4.42 Å². The average Bonchev–Trinajstić information content (AvgIpc) is 2.84. The van der Waals surface area contributed by atoms with Crippen LogP contribution in [0.15, 0.2) is 45.3 Å². The Kier molecular flexibility index (Phi) is 3.33. The van der Waals surface area contributed by atoms with E-state index in [2.05, 4.69) is 65.4 Å². The summed E-state index contributed by atoms with van der Waals surface area (Å²) >= 11 is 3.67. The van der Waals surface area contributed by atoms with Gasteiger partial charge in [-0.15, -0.1) is 0 Å². The largest absolute Gasteiger partial charge is 0.458 e. The fourth-order valence-electron chi connectivity index (χ4n) is 2.44. The normalized spacial score (nSPS) is 13.2. The number of fused-ring (bicyclic) bond motifs is 2. The lowest BCUT2D eigenvalue weighted by Crippen LogP contribution is -2.16. The lowest BCUT2D eigenvalue weighted by atomic mass is 10.1. The Morgan fingerprint density at radius 3 is 2.79 bits per heavy atom. The highest BCUT2D eigenvalue weighted by Gasteiger charge is 2.14. The second-order valence-electron chi connectivity index (χ2n) is 4.76. The summed E-state index contributed by atoms with van der Waals surface area (Å²) in [6.07, 6.45) is 0. The van der Waals surface area contributed by atoms with Crippen LogP contribution in [0.2, 0.25) is 0 Å². The molecule has 2 nitrogen and oxygen atoms in total. The third kappa shape index (κ3) is 2.17. The van der Waals surface area contributed by atoms with Gasteiger partial charge in [0, 0.05) is 5.39 Å². The monoisotopic (exact) mass is 317 g/mol. The van der Waals surface area contributed by atoms with Gasteiger partial charge in [0.15, 0.2) is 0 Å². The van der Waals surface area contributed by atoms with E-state index in [1.165, 1.54) is 10.8 Å². The van der Waals surface area contributed by atoms with Crippen LogP contribution in [-0.4, -0.2) is 6.54 Å². The predicted octanol–water partition coefficient (Wildman–Crippen LogP) is 5.02. The molecule has 0 amide bonds. The van der Waals surface area contributed by atoms with Gasteiger partial charge in [0.2, 0.25) is 0 Å². The molecule has 1 heterocycles. The van der Waals surface area contributed by atoms with Gasteiger partial charge in [0.25, 0.3) is 0 Å². The van der Waals surface area contributed by atoms with E-state index in [0.717, 1.165) is 27.7 Å². The van der Waals surface area contributed by atoms with Crippen LogP contribution in [-0.2, 0) is 0 Å². The fourth-order valence-corrected chi connectivity index (χ4v) is 3.11. The van der Waals surface area contributed by atoms with Gasteiger partial charge in [-0.2, -0.15) is 0 Å². The van der Waals surface area contributed by atoms with Crippen LogP contribution in [0, 0.1) is 0 Å². The molecule has 0 aliphatic rings. The molecule has 1 N–H and O–H groups in total. The first kappa shape index (κ1) is 12.7. The van der Waals surface area contributed by atoms with E-state index < -0.39 is 0 Å². The van der Waals surface area contributed by atoms with Crippen LogP contribution >= 0.6 is 15.9 Å². The highest BCUT2D eigenvalue weighted by Crippen LogP contribution is 2.35. The van der Waals surface area contributed by atoms with Gasteiger partial charge in [-0.1, -0.05) is 31.2 Å². The summed E-state index contributed by atoms with van der Waals surface area (Å²) < 4.78 is 7.05. The summed E-state index contributed by atoms with van der Waals surface area (Å²) in [6.45, 7) is 5.15. The van der Waals surface area contributed by atoms with Gasteiger partial charge >= 0.3 is 0 Å². The molecule has 0 aliphatic heterocycles. The van der Waals surface area contributed by atoms with Crippen molar-refractivity contribution >= 4 is 37.7 Å². The quantitative estimate of drug-likeness (QED) is 0.733. The maximum atomic E-state index is 6.01. The maximum Gasteiger partial charge on any atom is 0.149 e. The van der Waals surface area contributed by atoms with Gasteiger partial charge in [-0.25, -0.2) is 0 Å². The molecule has 0 aliphatic carbocycles. The standard InChI is InChI=1S/C16H16BrNO/c1-3-18-10(2)14-9-12-8-11-6-4-5-7-13(11)15(17)16(12)19-14/h4-10,18H,3H2,1-2H3. The topological polar surface area (TPSA) is 25.2 Å². The van der Waals surface area contributed by atoms with Crippen molar-refractivity contribution in [1.82, 2.24) is 5.32 Å². The minimum atomic E-state index is 0.229. The summed E-state index contributed by atoms with van der Waals surface area (Å²) in [5.74, 6) is 0.979. The fraction of sp³-hybridized carbons (Fsp3) is 0.250. The Labute approximate surface area is 120 Å². The number of furan rings is 1. The molecule has 2 aromatic carbocycles. The van der Waals surface area contributed by atoms with Crippen molar-refractivity contribution in [3.05, 3.63) is 46.6 Å². The number of benzene rings is 2. The molecule has 3 rings (SSSR count). The molecule has 19 heavy (non-hydrogen) atoms. The van der Waals surface area contributed by atoms with E-state index in [1.807, 2.05) is 6.07 Å². The van der Waals surface area contributed by atoms with Crippen LogP contribution < -0.4 is 5.32 Å². The van der Waals surface area contributed by atoms with Crippen LogP contribution in [0.3, 0.4) is 0 Å². The van der Waals surface area contributed by atoms with Crippen molar-refractivity contribution in [2.24, 2.45) is 0 Å². The minimum Gasteiger partial charge on any atom is -0.458 e. The molecule has 0 radical (unpaired) electrons. The highest BCUT2D eigenvalue weighted by molar-refractivity contribution is 9.10. The van der Waals surface area contributed by atoms with Crippen molar-refractivity contribution in [1.29, 1.82) is 0 Å². The third-order valence-corrected chi connectivity index (χ3v) is 4.21. The molecule has 0 fully saturated rings. The van der Waals surface area contributed by atoms with E-state index in [9.17, 15) is 0 Å². The third-order valence-electron chi connectivity index (χ3n) is 3.42. The summed E-state index contributed by atoms with van der Waals surface area (Å²) in [4.78, 5) is 0. The van der Waals surface area contributed by atoms with Crippen molar-refractivity contribution in [3.8, 4) is 0 Å². The summed E-state index contributed by atoms with van der Waals surface area (Å²) in [6, 6.07) is 12.9. The molecular weight excluding hydrogens is 302 g/mol. The summed E-state index contributed by atoms with van der Waals surface area (Å²) in [5, 5.41) is 6.93. The van der Waals surface area contributed by atoms with Crippen molar-refractivity contribution in [2.45, 2.75) is 19.9 Å². The molecule has 1 aromatic heterocycles. The minimum absolute atomic E-state index is 0.229.